The minimum atomic E-state index is -1.36. The van der Waals surface area contributed by atoms with Gasteiger partial charge in [0.15, 0.2) is 15.6 Å². The molecule has 0 saturated carbocycles. The molecule has 1 aromatic carbocycles. The van der Waals surface area contributed by atoms with Gasteiger partial charge in [0.25, 0.3) is 0 Å². The van der Waals surface area contributed by atoms with Crippen LogP contribution in [-0.4, -0.2) is 33.1 Å². The SMILES string of the molecule is Clc1cc(Cl)cc(C2(CC(Cl)(Cl)Cl)CO2)c1.O=C(O)COc1nc(Cl)c(Cl)cc1Cl. The minimum absolute atomic E-state index is 0.0106. The molecule has 0 aliphatic carbocycles. The summed E-state index contributed by atoms with van der Waals surface area (Å²) in [4.78, 5) is 13.8. The summed E-state index contributed by atoms with van der Waals surface area (Å²) in [5, 5.41) is 9.72. The van der Waals surface area contributed by atoms with Crippen LogP contribution in [0.25, 0.3) is 0 Å². The number of rotatable bonds is 5. The molecule has 1 aromatic heterocycles. The number of nitrogens with zero attached hydrogens (tertiary/aromatic N) is 1. The second kappa shape index (κ2) is 10.7. The number of pyridine rings is 1. The molecule has 1 aliphatic heterocycles. The van der Waals surface area contributed by atoms with Crippen LogP contribution in [0.3, 0.4) is 0 Å². The maximum absolute atomic E-state index is 10.2. The number of alkyl halides is 3. The molecule has 0 amide bonds. The van der Waals surface area contributed by atoms with E-state index in [0.717, 1.165) is 5.56 Å². The third-order valence-corrected chi connectivity index (χ3v) is 5.34. The van der Waals surface area contributed by atoms with E-state index in [4.69, 9.17) is 107 Å². The van der Waals surface area contributed by atoms with Crippen molar-refractivity contribution >= 4 is 98.8 Å². The zero-order chi connectivity index (χ0) is 22.7. The fourth-order valence-corrected chi connectivity index (χ4v) is 3.98. The van der Waals surface area contributed by atoms with Crippen molar-refractivity contribution in [2.75, 3.05) is 13.2 Å². The molecule has 1 unspecified atom stereocenters. The lowest BCUT2D eigenvalue weighted by molar-refractivity contribution is -0.139. The van der Waals surface area contributed by atoms with E-state index < -0.39 is 22.0 Å². The van der Waals surface area contributed by atoms with Crippen molar-refractivity contribution in [1.29, 1.82) is 0 Å². The molecule has 5 nitrogen and oxygen atoms in total. The van der Waals surface area contributed by atoms with Crippen LogP contribution in [0, 0.1) is 0 Å². The molecular weight excluding hydrogens is 566 g/mol. The van der Waals surface area contributed by atoms with Crippen LogP contribution in [0.15, 0.2) is 24.3 Å². The summed E-state index contributed by atoms with van der Waals surface area (Å²) in [6, 6.07) is 6.53. The number of halogens is 8. The van der Waals surface area contributed by atoms with Gasteiger partial charge < -0.3 is 14.6 Å². The van der Waals surface area contributed by atoms with E-state index in [0.29, 0.717) is 16.7 Å². The molecule has 0 bridgehead atoms. The van der Waals surface area contributed by atoms with Crippen molar-refractivity contribution in [3.05, 3.63) is 55.1 Å². The topological polar surface area (TPSA) is 72.0 Å². The first-order valence-corrected chi connectivity index (χ1v) is 10.9. The van der Waals surface area contributed by atoms with Gasteiger partial charge in [-0.05, 0) is 29.8 Å². The van der Waals surface area contributed by atoms with Gasteiger partial charge in [-0.1, -0.05) is 92.8 Å². The average molecular weight is 577 g/mol. The third kappa shape index (κ3) is 8.12. The van der Waals surface area contributed by atoms with Crippen LogP contribution >= 0.6 is 92.8 Å². The summed E-state index contributed by atoms with van der Waals surface area (Å²) in [5.74, 6) is -1.18. The van der Waals surface area contributed by atoms with Gasteiger partial charge in [0.05, 0.1) is 11.6 Å². The Labute approximate surface area is 212 Å². The highest BCUT2D eigenvalue weighted by Crippen LogP contribution is 2.50. The standard InChI is InChI=1S/C10H7Cl5O.C7H4Cl3NO3/c11-7-1-6(2-8(12)3-7)9(5-16-9)4-10(13,14)15;8-3-1-4(9)7(11-6(3)10)14-2-5(12)13/h1-3H,4-5H2;1H,2H2,(H,12,13). The molecule has 30 heavy (non-hydrogen) atoms. The minimum Gasteiger partial charge on any atom is -0.479 e. The van der Waals surface area contributed by atoms with Crippen LogP contribution in [0.5, 0.6) is 5.88 Å². The Hall–Kier alpha value is -0.0800. The normalized spacial score (nSPS) is 17.7. The van der Waals surface area contributed by atoms with Crippen molar-refractivity contribution in [3.8, 4) is 5.88 Å². The molecule has 0 radical (unpaired) electrons. The fraction of sp³-hybridized carbons (Fsp3) is 0.294. The molecule has 0 spiro atoms. The number of benzene rings is 1. The number of epoxide rings is 1. The number of hydrogen-bond acceptors (Lipinski definition) is 4. The summed E-state index contributed by atoms with van der Waals surface area (Å²) >= 11 is 46.0. The fourth-order valence-electron chi connectivity index (χ4n) is 2.26. The van der Waals surface area contributed by atoms with Crippen LogP contribution in [0.2, 0.25) is 25.2 Å². The second-order valence-corrected chi connectivity index (χ2v) is 10.5. The smallest absolute Gasteiger partial charge is 0.341 e. The van der Waals surface area contributed by atoms with Crippen LogP contribution in [0.1, 0.15) is 12.0 Å². The van der Waals surface area contributed by atoms with E-state index in [1.165, 1.54) is 6.07 Å². The summed E-state index contributed by atoms with van der Waals surface area (Å²) in [6.07, 6.45) is 0.279. The first kappa shape index (κ1) is 26.2. The van der Waals surface area contributed by atoms with E-state index in [9.17, 15) is 4.79 Å². The van der Waals surface area contributed by atoms with Crippen LogP contribution < -0.4 is 4.74 Å². The molecule has 164 valence electrons. The largest absolute Gasteiger partial charge is 0.479 e. The highest BCUT2D eigenvalue weighted by molar-refractivity contribution is 6.67. The van der Waals surface area contributed by atoms with Crippen molar-refractivity contribution in [1.82, 2.24) is 4.98 Å². The Bertz CT molecular complexity index is 910. The van der Waals surface area contributed by atoms with Crippen molar-refractivity contribution in [3.63, 3.8) is 0 Å². The van der Waals surface area contributed by atoms with E-state index >= 15 is 0 Å². The van der Waals surface area contributed by atoms with E-state index in [2.05, 4.69) is 4.98 Å². The number of ether oxygens (including phenoxy) is 2. The van der Waals surface area contributed by atoms with Crippen LogP contribution in [0.4, 0.5) is 0 Å². The number of carboxylic acid groups (broad SMARTS) is 1. The molecule has 3 rings (SSSR count). The highest BCUT2D eigenvalue weighted by Gasteiger charge is 2.51. The Balaban J connectivity index is 0.000000216. The summed E-state index contributed by atoms with van der Waals surface area (Å²) in [6.45, 7) is -0.0255. The Morgan fingerprint density at radius 1 is 1.07 bits per heavy atom. The lowest BCUT2D eigenvalue weighted by Crippen LogP contribution is -2.18. The third-order valence-electron chi connectivity index (χ3n) is 3.55. The van der Waals surface area contributed by atoms with Gasteiger partial charge in [0.2, 0.25) is 5.88 Å². The maximum Gasteiger partial charge on any atom is 0.341 e. The molecule has 1 saturated heterocycles. The first-order valence-electron chi connectivity index (χ1n) is 7.85. The van der Waals surface area contributed by atoms with Gasteiger partial charge >= 0.3 is 5.97 Å². The molecule has 2 aromatic rings. The zero-order valence-corrected chi connectivity index (χ0v) is 20.6. The average Bonchev–Trinajstić information content (AvgIpc) is 3.35. The molecule has 1 atom stereocenters. The predicted octanol–water partition coefficient (Wildman–Crippen LogP) is 7.48. The van der Waals surface area contributed by atoms with Crippen molar-refractivity contribution in [2.24, 2.45) is 0 Å². The lowest BCUT2D eigenvalue weighted by atomic mass is 9.97. The van der Waals surface area contributed by atoms with E-state index in [-0.39, 0.29) is 27.5 Å². The van der Waals surface area contributed by atoms with E-state index in [1.54, 1.807) is 18.2 Å². The number of carbonyl (C=O) groups is 1. The summed E-state index contributed by atoms with van der Waals surface area (Å²) < 4.78 is 8.79. The van der Waals surface area contributed by atoms with Gasteiger partial charge in [-0.2, -0.15) is 4.98 Å². The van der Waals surface area contributed by atoms with Crippen LogP contribution in [-0.2, 0) is 15.1 Å². The lowest BCUT2D eigenvalue weighted by Gasteiger charge is -2.18. The van der Waals surface area contributed by atoms with Gasteiger partial charge in [-0.25, -0.2) is 4.79 Å². The van der Waals surface area contributed by atoms with Gasteiger partial charge in [-0.3, -0.25) is 0 Å². The highest BCUT2D eigenvalue weighted by atomic mass is 35.6. The molecule has 2 heterocycles. The second-order valence-electron chi connectivity index (χ2n) is 5.96. The number of hydrogen-bond donors (Lipinski definition) is 1. The van der Waals surface area contributed by atoms with Gasteiger partial charge in [0, 0.05) is 16.5 Å². The Kier molecular flexibility index (Phi) is 9.33. The van der Waals surface area contributed by atoms with Gasteiger partial charge in [-0.15, -0.1) is 0 Å². The van der Waals surface area contributed by atoms with Gasteiger partial charge in [0.1, 0.15) is 10.6 Å². The Morgan fingerprint density at radius 3 is 2.10 bits per heavy atom. The zero-order valence-electron chi connectivity index (χ0n) is 14.6. The number of aromatic nitrogens is 1. The number of aliphatic carboxylic acids is 1. The molecule has 13 heteroatoms. The monoisotopic (exact) mass is 573 g/mol. The summed E-state index contributed by atoms with van der Waals surface area (Å²) in [7, 11) is 0. The predicted molar refractivity (Wildman–Crippen MR) is 121 cm³/mol. The Morgan fingerprint density at radius 2 is 1.63 bits per heavy atom. The quantitative estimate of drug-likeness (QED) is 0.227. The molecular formula is C17H11Cl8NO4. The first-order chi connectivity index (χ1) is 13.8. The molecule has 1 fully saturated rings. The molecule has 1 N–H and O–H groups in total. The van der Waals surface area contributed by atoms with E-state index in [1.807, 2.05) is 0 Å². The number of carboxylic acids is 1. The summed E-state index contributed by atoms with van der Waals surface area (Å²) in [5.41, 5.74) is 0.288. The van der Waals surface area contributed by atoms with Crippen molar-refractivity contribution < 1.29 is 19.4 Å². The molecule has 1 aliphatic rings. The maximum atomic E-state index is 10.2. The van der Waals surface area contributed by atoms with Crippen molar-refractivity contribution in [2.45, 2.75) is 15.8 Å².